The molecule has 27 heavy (non-hydrogen) atoms. The molecule has 2 aromatic heterocycles. The third-order valence-corrected chi connectivity index (χ3v) is 5.18. The van der Waals surface area contributed by atoms with Gasteiger partial charge in [0.05, 0.1) is 18.1 Å². The molecule has 0 amide bonds. The summed E-state index contributed by atoms with van der Waals surface area (Å²) in [5.41, 5.74) is 8.33. The number of ether oxygens (including phenoxy) is 1. The SMILES string of the molecule is COc1ccc(-c2ccc3nc(C)n(Cc4c(C)cccc4C)c3c2)cn1. The monoisotopic (exact) mass is 357 g/mol. The predicted octanol–water partition coefficient (Wildman–Crippen LogP) is 5.08. The summed E-state index contributed by atoms with van der Waals surface area (Å²) in [6.07, 6.45) is 1.85. The van der Waals surface area contributed by atoms with Crippen LogP contribution in [-0.4, -0.2) is 21.6 Å². The van der Waals surface area contributed by atoms with Crippen molar-refractivity contribution in [2.75, 3.05) is 7.11 Å². The van der Waals surface area contributed by atoms with Gasteiger partial charge in [-0.3, -0.25) is 0 Å². The summed E-state index contributed by atoms with van der Waals surface area (Å²) in [4.78, 5) is 9.09. The summed E-state index contributed by atoms with van der Waals surface area (Å²) >= 11 is 0. The maximum atomic E-state index is 5.16. The van der Waals surface area contributed by atoms with Gasteiger partial charge in [0, 0.05) is 24.4 Å². The molecule has 0 saturated heterocycles. The van der Waals surface area contributed by atoms with Crippen LogP contribution < -0.4 is 4.74 Å². The predicted molar refractivity (Wildman–Crippen MR) is 109 cm³/mol. The molecule has 0 aliphatic heterocycles. The second-order valence-corrected chi connectivity index (χ2v) is 6.91. The largest absolute Gasteiger partial charge is 0.481 e. The number of pyridine rings is 1. The summed E-state index contributed by atoms with van der Waals surface area (Å²) < 4.78 is 7.46. The van der Waals surface area contributed by atoms with Gasteiger partial charge in [0.2, 0.25) is 5.88 Å². The zero-order chi connectivity index (χ0) is 19.0. The number of imidazole rings is 1. The first-order valence-corrected chi connectivity index (χ1v) is 9.09. The quantitative estimate of drug-likeness (QED) is 0.511. The molecule has 4 nitrogen and oxygen atoms in total. The number of benzene rings is 2. The van der Waals surface area contributed by atoms with Crippen molar-refractivity contribution in [2.45, 2.75) is 27.3 Å². The maximum absolute atomic E-state index is 5.16. The van der Waals surface area contributed by atoms with Crippen molar-refractivity contribution in [3.8, 4) is 17.0 Å². The highest BCUT2D eigenvalue weighted by Crippen LogP contribution is 2.27. The van der Waals surface area contributed by atoms with E-state index >= 15 is 0 Å². The van der Waals surface area contributed by atoms with Gasteiger partial charge < -0.3 is 9.30 Å². The van der Waals surface area contributed by atoms with Crippen LogP contribution in [0.15, 0.2) is 54.7 Å². The van der Waals surface area contributed by atoms with Crippen molar-refractivity contribution < 1.29 is 4.74 Å². The van der Waals surface area contributed by atoms with Gasteiger partial charge in [0.15, 0.2) is 0 Å². The van der Waals surface area contributed by atoms with Gasteiger partial charge >= 0.3 is 0 Å². The molecule has 2 heterocycles. The average molecular weight is 357 g/mol. The molecule has 0 N–H and O–H groups in total. The van der Waals surface area contributed by atoms with Crippen molar-refractivity contribution >= 4 is 11.0 Å². The molecule has 0 fully saturated rings. The Bertz CT molecular complexity index is 1090. The Morgan fingerprint density at radius 1 is 0.926 bits per heavy atom. The number of fused-ring (bicyclic) bond motifs is 1. The minimum absolute atomic E-state index is 0.621. The standard InChI is InChI=1S/C23H23N3O/c1-15-6-5-7-16(2)20(15)14-26-17(3)25-21-10-8-18(12-22(21)26)19-9-11-23(27-4)24-13-19/h5-13H,14H2,1-4H3. The van der Waals surface area contributed by atoms with Crippen LogP contribution in [0, 0.1) is 20.8 Å². The number of hydrogen-bond donors (Lipinski definition) is 0. The fraction of sp³-hybridized carbons (Fsp3) is 0.217. The van der Waals surface area contributed by atoms with Crippen molar-refractivity contribution in [1.82, 2.24) is 14.5 Å². The lowest BCUT2D eigenvalue weighted by Crippen LogP contribution is -2.05. The lowest BCUT2D eigenvalue weighted by molar-refractivity contribution is 0.398. The molecule has 136 valence electrons. The summed E-state index contributed by atoms with van der Waals surface area (Å²) in [7, 11) is 1.63. The van der Waals surface area contributed by atoms with Crippen LogP contribution >= 0.6 is 0 Å². The van der Waals surface area contributed by atoms with Crippen LogP contribution in [0.4, 0.5) is 0 Å². The fourth-order valence-corrected chi connectivity index (χ4v) is 3.55. The van der Waals surface area contributed by atoms with Crippen LogP contribution in [0.2, 0.25) is 0 Å². The highest BCUT2D eigenvalue weighted by Gasteiger charge is 2.12. The Kier molecular flexibility index (Phi) is 4.40. The zero-order valence-corrected chi connectivity index (χ0v) is 16.2. The van der Waals surface area contributed by atoms with Gasteiger partial charge in [-0.1, -0.05) is 24.3 Å². The first kappa shape index (κ1) is 17.3. The maximum Gasteiger partial charge on any atom is 0.212 e. The molecule has 4 heteroatoms. The summed E-state index contributed by atoms with van der Waals surface area (Å²) in [6.45, 7) is 7.24. The fourth-order valence-electron chi connectivity index (χ4n) is 3.55. The molecule has 0 unspecified atom stereocenters. The molecule has 0 spiro atoms. The molecule has 0 aliphatic rings. The zero-order valence-electron chi connectivity index (χ0n) is 16.2. The van der Waals surface area contributed by atoms with E-state index in [0.29, 0.717) is 5.88 Å². The van der Waals surface area contributed by atoms with E-state index in [2.05, 4.69) is 66.7 Å². The highest BCUT2D eigenvalue weighted by atomic mass is 16.5. The van der Waals surface area contributed by atoms with E-state index in [1.165, 1.54) is 16.7 Å². The number of hydrogen-bond acceptors (Lipinski definition) is 3. The molecule has 0 saturated carbocycles. The van der Waals surface area contributed by atoms with Crippen LogP contribution in [0.5, 0.6) is 5.88 Å². The van der Waals surface area contributed by atoms with Crippen LogP contribution in [0.1, 0.15) is 22.5 Å². The normalized spacial score (nSPS) is 11.1. The van der Waals surface area contributed by atoms with E-state index in [0.717, 1.165) is 34.5 Å². The Morgan fingerprint density at radius 3 is 2.33 bits per heavy atom. The first-order valence-electron chi connectivity index (χ1n) is 9.09. The van der Waals surface area contributed by atoms with Gasteiger partial charge in [-0.15, -0.1) is 0 Å². The van der Waals surface area contributed by atoms with E-state index < -0.39 is 0 Å². The Hall–Kier alpha value is -3.14. The van der Waals surface area contributed by atoms with Gasteiger partial charge in [0.25, 0.3) is 0 Å². The third-order valence-electron chi connectivity index (χ3n) is 5.18. The molecule has 2 aromatic carbocycles. The van der Waals surface area contributed by atoms with Crippen molar-refractivity contribution in [3.63, 3.8) is 0 Å². The van der Waals surface area contributed by atoms with Crippen molar-refractivity contribution in [1.29, 1.82) is 0 Å². The second kappa shape index (κ2) is 6.88. The van der Waals surface area contributed by atoms with Crippen LogP contribution in [0.25, 0.3) is 22.2 Å². The Labute approximate surface area is 159 Å². The minimum Gasteiger partial charge on any atom is -0.481 e. The minimum atomic E-state index is 0.621. The molecular formula is C23H23N3O. The topological polar surface area (TPSA) is 39.9 Å². The lowest BCUT2D eigenvalue weighted by atomic mass is 10.0. The van der Waals surface area contributed by atoms with Crippen LogP contribution in [-0.2, 0) is 6.54 Å². The Morgan fingerprint density at radius 2 is 1.67 bits per heavy atom. The van der Waals surface area contributed by atoms with Gasteiger partial charge in [0.1, 0.15) is 5.82 Å². The second-order valence-electron chi connectivity index (χ2n) is 6.91. The average Bonchev–Trinajstić information content (AvgIpc) is 2.99. The number of methoxy groups -OCH3 is 1. The molecule has 0 atom stereocenters. The van der Waals surface area contributed by atoms with Gasteiger partial charge in [-0.25, -0.2) is 9.97 Å². The number of nitrogens with zero attached hydrogens (tertiary/aromatic N) is 3. The van der Waals surface area contributed by atoms with Crippen molar-refractivity contribution in [2.24, 2.45) is 0 Å². The van der Waals surface area contributed by atoms with Crippen LogP contribution in [0.3, 0.4) is 0 Å². The number of rotatable bonds is 4. The third kappa shape index (κ3) is 3.19. The highest BCUT2D eigenvalue weighted by molar-refractivity contribution is 5.82. The van der Waals surface area contributed by atoms with Gasteiger partial charge in [-0.05, 0) is 61.2 Å². The van der Waals surface area contributed by atoms with E-state index in [-0.39, 0.29) is 0 Å². The molecule has 4 rings (SSSR count). The lowest BCUT2D eigenvalue weighted by Gasteiger charge is -2.13. The summed E-state index contributed by atoms with van der Waals surface area (Å²) in [5.74, 6) is 1.65. The molecule has 0 radical (unpaired) electrons. The van der Waals surface area contributed by atoms with Crippen molar-refractivity contribution in [3.05, 3.63) is 77.2 Å². The molecular weight excluding hydrogens is 334 g/mol. The Balaban J connectivity index is 1.80. The summed E-state index contributed by atoms with van der Waals surface area (Å²) in [5, 5.41) is 0. The van der Waals surface area contributed by atoms with E-state index in [9.17, 15) is 0 Å². The van der Waals surface area contributed by atoms with E-state index in [1.807, 2.05) is 18.3 Å². The molecule has 4 aromatic rings. The van der Waals surface area contributed by atoms with Gasteiger partial charge in [-0.2, -0.15) is 0 Å². The first-order chi connectivity index (χ1) is 13.1. The van der Waals surface area contributed by atoms with E-state index in [1.54, 1.807) is 7.11 Å². The molecule has 0 aliphatic carbocycles. The summed E-state index contributed by atoms with van der Waals surface area (Å²) in [6, 6.07) is 16.8. The van der Waals surface area contributed by atoms with E-state index in [4.69, 9.17) is 9.72 Å². The molecule has 0 bridgehead atoms. The smallest absolute Gasteiger partial charge is 0.212 e. The number of aromatic nitrogens is 3. The number of aryl methyl sites for hydroxylation is 3.